The highest BCUT2D eigenvalue weighted by Gasteiger charge is 2.26. The topological polar surface area (TPSA) is 71.1 Å². The summed E-state index contributed by atoms with van der Waals surface area (Å²) in [7, 11) is 0. The van der Waals surface area contributed by atoms with E-state index < -0.39 is 10.8 Å². The summed E-state index contributed by atoms with van der Waals surface area (Å²) in [4.78, 5) is 24.8. The van der Waals surface area contributed by atoms with Crippen molar-refractivity contribution in [1.82, 2.24) is 0 Å². The van der Waals surface area contributed by atoms with E-state index in [4.69, 9.17) is 18.9 Å². The van der Waals surface area contributed by atoms with Gasteiger partial charge < -0.3 is 18.9 Å². The number of hydrogen-bond acceptors (Lipinski definition) is 6. The number of carbonyl (C=O) groups excluding carboxylic acids is 2. The van der Waals surface area contributed by atoms with E-state index in [2.05, 4.69) is 19.6 Å². The van der Waals surface area contributed by atoms with Gasteiger partial charge in [-0.1, -0.05) is 55.7 Å². The van der Waals surface area contributed by atoms with Gasteiger partial charge in [-0.2, -0.15) is 0 Å². The smallest absolute Gasteiger partial charge is 0.314 e. The van der Waals surface area contributed by atoms with E-state index in [9.17, 15) is 9.59 Å². The van der Waals surface area contributed by atoms with Gasteiger partial charge in [0.1, 0.15) is 11.5 Å². The molecule has 0 aliphatic rings. The first kappa shape index (κ1) is 31.9. The lowest BCUT2D eigenvalue weighted by Gasteiger charge is -2.22. The van der Waals surface area contributed by atoms with Crippen LogP contribution in [0.3, 0.4) is 0 Å². The number of ether oxygens (including phenoxy) is 4. The van der Waals surface area contributed by atoms with Gasteiger partial charge in [-0.25, -0.2) is 0 Å². The average Bonchev–Trinajstić information content (AvgIpc) is 2.82. The first-order valence-corrected chi connectivity index (χ1v) is 13.7. The van der Waals surface area contributed by atoms with Crippen LogP contribution < -0.4 is 9.47 Å². The van der Waals surface area contributed by atoms with E-state index >= 15 is 0 Å². The third-order valence-electron chi connectivity index (χ3n) is 6.13. The van der Waals surface area contributed by atoms with Crippen LogP contribution in [0, 0.1) is 17.8 Å². The Morgan fingerprint density at radius 1 is 0.821 bits per heavy atom. The molecule has 0 radical (unpaired) electrons. The molecule has 2 aromatic carbocycles. The second-order valence-corrected chi connectivity index (χ2v) is 12.1. The number of hydrogen-bond donors (Lipinski definition) is 0. The van der Waals surface area contributed by atoms with Crippen LogP contribution in [0.4, 0.5) is 0 Å². The Morgan fingerprint density at radius 2 is 1.33 bits per heavy atom. The van der Waals surface area contributed by atoms with E-state index in [0.29, 0.717) is 17.1 Å². The number of esters is 2. The summed E-state index contributed by atoms with van der Waals surface area (Å²) >= 11 is 0. The quantitative estimate of drug-likeness (QED) is 0.154. The van der Waals surface area contributed by atoms with Gasteiger partial charge in [0.25, 0.3) is 0 Å². The Labute approximate surface area is 234 Å². The molecule has 0 unspecified atom stereocenters. The highest BCUT2D eigenvalue weighted by atomic mass is 16.7. The number of unbranched alkanes of at least 4 members (excludes halogenated alkanes) is 2. The summed E-state index contributed by atoms with van der Waals surface area (Å²) in [6, 6.07) is 10.1. The number of aryl methyl sites for hydroxylation is 2. The number of allylic oxidation sites excluding steroid dienone is 1. The second kappa shape index (κ2) is 13.7. The van der Waals surface area contributed by atoms with Gasteiger partial charge in [0.05, 0.1) is 16.4 Å². The van der Waals surface area contributed by atoms with Crippen molar-refractivity contribution in [2.75, 3.05) is 13.6 Å². The Hall–Kier alpha value is -3.28. The van der Waals surface area contributed by atoms with Crippen LogP contribution in [-0.4, -0.2) is 25.5 Å². The largest absolute Gasteiger partial charge is 0.457 e. The number of benzene rings is 2. The summed E-state index contributed by atoms with van der Waals surface area (Å²) in [6.07, 6.45) is 4.03. The lowest BCUT2D eigenvalue weighted by molar-refractivity contribution is -0.160. The van der Waals surface area contributed by atoms with Crippen molar-refractivity contribution < 1.29 is 28.5 Å². The summed E-state index contributed by atoms with van der Waals surface area (Å²) in [6.45, 7) is 20.6. The van der Waals surface area contributed by atoms with Gasteiger partial charge in [-0.15, -0.1) is 0 Å². The fourth-order valence-corrected chi connectivity index (χ4v) is 3.82. The predicted octanol–water partition coefficient (Wildman–Crippen LogP) is 8.28. The van der Waals surface area contributed by atoms with Crippen molar-refractivity contribution >= 4 is 17.5 Å². The molecule has 39 heavy (non-hydrogen) atoms. The molecule has 0 aliphatic heterocycles. The first-order chi connectivity index (χ1) is 18.1. The minimum atomic E-state index is -0.650. The zero-order valence-electron chi connectivity index (χ0n) is 25.3. The lowest BCUT2D eigenvalue weighted by atomic mass is 9.91. The van der Waals surface area contributed by atoms with Gasteiger partial charge in [0.15, 0.2) is 0 Å². The standard InChI is InChI=1S/C33H46O6/c1-11-12-13-14-24-18-27(36-20-38-30(34)32(5,6)7)29(26-17-23(4)15-16-25(26)22(2)3)28(19-24)37-21-39-31(35)33(8,9)10/h15-19H,2,11-14,20-21H2,1,3-10H3. The summed E-state index contributed by atoms with van der Waals surface area (Å²) in [5.41, 5.74) is 4.15. The molecule has 0 spiro atoms. The van der Waals surface area contributed by atoms with Crippen LogP contribution in [0.2, 0.25) is 0 Å². The van der Waals surface area contributed by atoms with Crippen LogP contribution in [0.15, 0.2) is 36.9 Å². The lowest BCUT2D eigenvalue weighted by Crippen LogP contribution is -2.25. The van der Waals surface area contributed by atoms with Crippen LogP contribution >= 0.6 is 0 Å². The van der Waals surface area contributed by atoms with Crippen molar-refractivity contribution in [1.29, 1.82) is 0 Å². The van der Waals surface area contributed by atoms with Crippen LogP contribution in [0.5, 0.6) is 11.5 Å². The van der Waals surface area contributed by atoms with Crippen molar-refractivity contribution in [2.24, 2.45) is 10.8 Å². The molecule has 2 aromatic rings. The van der Waals surface area contributed by atoms with E-state index in [0.717, 1.165) is 53.5 Å². The average molecular weight is 539 g/mol. The molecule has 0 saturated carbocycles. The monoisotopic (exact) mass is 538 g/mol. The SMILES string of the molecule is C=C(C)c1ccc(C)cc1-c1c(OCOC(=O)C(C)(C)C)cc(CCCCC)cc1OCOC(=O)C(C)(C)C. The molecule has 214 valence electrons. The zero-order valence-corrected chi connectivity index (χ0v) is 25.3. The molecular formula is C33H46O6. The fraction of sp³-hybridized carbons (Fsp3) is 0.515. The molecule has 2 rings (SSSR count). The van der Waals surface area contributed by atoms with Crippen molar-refractivity contribution in [2.45, 2.75) is 88.0 Å². The highest BCUT2D eigenvalue weighted by Crippen LogP contribution is 2.43. The van der Waals surface area contributed by atoms with Crippen LogP contribution in [0.1, 0.15) is 91.3 Å². The number of carbonyl (C=O) groups is 2. The molecule has 0 amide bonds. The molecule has 0 atom stereocenters. The number of rotatable bonds is 12. The Bertz CT molecular complexity index is 1110. The maximum absolute atomic E-state index is 12.4. The molecule has 6 heteroatoms. The molecule has 0 aromatic heterocycles. The maximum Gasteiger partial charge on any atom is 0.314 e. The maximum atomic E-state index is 12.4. The Morgan fingerprint density at radius 3 is 1.77 bits per heavy atom. The fourth-order valence-electron chi connectivity index (χ4n) is 3.82. The van der Waals surface area contributed by atoms with E-state index in [-0.39, 0.29) is 25.5 Å². The van der Waals surface area contributed by atoms with E-state index in [1.807, 2.05) is 38.1 Å². The molecule has 0 heterocycles. The first-order valence-electron chi connectivity index (χ1n) is 13.7. The van der Waals surface area contributed by atoms with Crippen molar-refractivity contribution in [3.63, 3.8) is 0 Å². The minimum Gasteiger partial charge on any atom is -0.457 e. The summed E-state index contributed by atoms with van der Waals surface area (Å²) in [5.74, 6) is 0.339. The molecule has 0 bridgehead atoms. The Balaban J connectivity index is 2.62. The van der Waals surface area contributed by atoms with Gasteiger partial charge >= 0.3 is 11.9 Å². The van der Waals surface area contributed by atoms with Gasteiger partial charge in [0, 0.05) is 0 Å². The van der Waals surface area contributed by atoms with E-state index in [1.54, 1.807) is 41.5 Å². The third kappa shape index (κ3) is 9.45. The van der Waals surface area contributed by atoms with Crippen LogP contribution in [-0.2, 0) is 25.5 Å². The van der Waals surface area contributed by atoms with Gasteiger partial charge in [0.2, 0.25) is 13.6 Å². The van der Waals surface area contributed by atoms with Crippen molar-refractivity contribution in [3.8, 4) is 22.6 Å². The third-order valence-corrected chi connectivity index (χ3v) is 6.13. The molecule has 0 aliphatic carbocycles. The Kier molecular flexibility index (Phi) is 11.2. The van der Waals surface area contributed by atoms with E-state index in [1.165, 1.54) is 0 Å². The molecule has 6 nitrogen and oxygen atoms in total. The minimum absolute atomic E-state index is 0.242. The highest BCUT2D eigenvalue weighted by molar-refractivity contribution is 5.87. The van der Waals surface area contributed by atoms with Gasteiger partial charge in [-0.3, -0.25) is 9.59 Å². The molecule has 0 N–H and O–H groups in total. The van der Waals surface area contributed by atoms with Crippen molar-refractivity contribution in [3.05, 3.63) is 53.6 Å². The zero-order chi connectivity index (χ0) is 29.4. The second-order valence-electron chi connectivity index (χ2n) is 12.1. The predicted molar refractivity (Wildman–Crippen MR) is 157 cm³/mol. The summed E-state index contributed by atoms with van der Waals surface area (Å²) < 4.78 is 23.2. The molecule has 0 saturated heterocycles. The normalized spacial score (nSPS) is 11.6. The van der Waals surface area contributed by atoms with Gasteiger partial charge in [-0.05, 0) is 97.1 Å². The molecular weight excluding hydrogens is 492 g/mol. The summed E-state index contributed by atoms with van der Waals surface area (Å²) in [5, 5.41) is 0. The van der Waals surface area contributed by atoms with Crippen LogP contribution in [0.25, 0.3) is 16.7 Å². The molecule has 0 fully saturated rings.